The Labute approximate surface area is 189 Å². The van der Waals surface area contributed by atoms with Crippen molar-refractivity contribution >= 4 is 52.8 Å². The molecule has 0 radical (unpaired) electrons. The second-order valence-electron chi connectivity index (χ2n) is 6.19. The number of H-pyrrole nitrogens is 1. The molecule has 10 heteroatoms. The van der Waals surface area contributed by atoms with E-state index in [4.69, 9.17) is 50.2 Å². The molecule has 0 aliphatic rings. The van der Waals surface area contributed by atoms with Crippen LogP contribution in [0.1, 0.15) is 25.1 Å². The maximum absolute atomic E-state index is 13.7. The van der Waals surface area contributed by atoms with E-state index in [0.29, 0.717) is 28.7 Å². The van der Waals surface area contributed by atoms with Gasteiger partial charge in [0.2, 0.25) is 5.90 Å². The second-order valence-corrected chi connectivity index (χ2v) is 7.35. The fourth-order valence-electron chi connectivity index (χ4n) is 2.29. The first-order valence-electron chi connectivity index (χ1n) is 8.96. The molecular formula is C20H21ClF2N2O3S2. The zero-order valence-electron chi connectivity index (χ0n) is 16.6. The number of hydrogen-bond acceptors (Lipinski definition) is 6. The molecule has 0 aliphatic carbocycles. The maximum atomic E-state index is 13.7. The molecule has 0 atom stereocenters. The number of benzene rings is 1. The molecule has 0 unspecified atom stereocenters. The van der Waals surface area contributed by atoms with Gasteiger partial charge in [0.1, 0.15) is 5.82 Å². The molecule has 5 nitrogen and oxygen atoms in total. The average Bonchev–Trinajstić information content (AvgIpc) is 2.69. The molecule has 2 aromatic rings. The number of rotatable bonds is 8. The average molecular weight is 475 g/mol. The van der Waals surface area contributed by atoms with Crippen molar-refractivity contribution in [2.45, 2.75) is 26.7 Å². The molecule has 0 aliphatic heterocycles. The SMILES string of the molecule is CCOC(=S)COc1ccccc1O/C(CCl)=N/c1[nH]c(C(C)(F)F)cc(=S)c1C. The third-order valence-electron chi connectivity index (χ3n) is 3.80. The van der Waals surface area contributed by atoms with Crippen molar-refractivity contribution in [1.29, 1.82) is 0 Å². The minimum Gasteiger partial charge on any atom is -0.484 e. The van der Waals surface area contributed by atoms with Crippen molar-refractivity contribution in [2.75, 3.05) is 19.1 Å². The lowest BCUT2D eigenvalue weighted by molar-refractivity contribution is 0.0128. The van der Waals surface area contributed by atoms with Crippen molar-refractivity contribution in [2.24, 2.45) is 4.99 Å². The van der Waals surface area contributed by atoms with Crippen LogP contribution in [0.4, 0.5) is 14.6 Å². The van der Waals surface area contributed by atoms with Crippen LogP contribution in [0.15, 0.2) is 35.3 Å². The molecule has 1 aromatic carbocycles. The summed E-state index contributed by atoms with van der Waals surface area (Å²) in [4.78, 5) is 6.88. The summed E-state index contributed by atoms with van der Waals surface area (Å²) in [5.74, 6) is -2.26. The Morgan fingerprint density at radius 2 is 1.93 bits per heavy atom. The molecule has 0 bridgehead atoms. The molecule has 30 heavy (non-hydrogen) atoms. The Kier molecular flexibility index (Phi) is 8.69. The van der Waals surface area contributed by atoms with Crippen molar-refractivity contribution in [1.82, 2.24) is 4.98 Å². The summed E-state index contributed by atoms with van der Waals surface area (Å²) in [6.07, 6.45) is 0. The van der Waals surface area contributed by atoms with Crippen LogP contribution in [-0.2, 0) is 10.7 Å². The number of alkyl halides is 3. The molecule has 2 rings (SSSR count). The highest BCUT2D eigenvalue weighted by molar-refractivity contribution is 7.80. The second kappa shape index (κ2) is 10.8. The maximum Gasteiger partial charge on any atom is 0.284 e. The quantitative estimate of drug-likeness (QED) is 0.212. The van der Waals surface area contributed by atoms with Gasteiger partial charge in [0.05, 0.1) is 18.2 Å². The number of aliphatic imine (C=N–C) groups is 1. The van der Waals surface area contributed by atoms with Gasteiger partial charge in [0, 0.05) is 17.0 Å². The summed E-state index contributed by atoms with van der Waals surface area (Å²) in [6, 6.07) is 8.07. The van der Waals surface area contributed by atoms with E-state index in [2.05, 4.69) is 9.98 Å². The highest BCUT2D eigenvalue weighted by Gasteiger charge is 2.26. The number of nitrogens with one attached hydrogen (secondary N) is 1. The summed E-state index contributed by atoms with van der Waals surface area (Å²) >= 11 is 16.2. The number of aromatic amines is 1. The van der Waals surface area contributed by atoms with E-state index in [0.717, 1.165) is 6.92 Å². The lowest BCUT2D eigenvalue weighted by Crippen LogP contribution is -2.15. The van der Waals surface area contributed by atoms with E-state index in [-0.39, 0.29) is 34.4 Å². The van der Waals surface area contributed by atoms with Crippen LogP contribution in [-0.4, -0.2) is 35.0 Å². The Morgan fingerprint density at radius 3 is 2.53 bits per heavy atom. The van der Waals surface area contributed by atoms with Crippen molar-refractivity contribution < 1.29 is 23.0 Å². The molecule has 1 N–H and O–H groups in total. The lowest BCUT2D eigenvalue weighted by Gasteiger charge is -2.15. The Bertz CT molecular complexity index is 991. The van der Waals surface area contributed by atoms with Crippen molar-refractivity contribution in [3.8, 4) is 11.5 Å². The predicted molar refractivity (Wildman–Crippen MR) is 121 cm³/mol. The molecule has 0 amide bonds. The molecular weight excluding hydrogens is 454 g/mol. The zero-order chi connectivity index (χ0) is 22.3. The van der Waals surface area contributed by atoms with E-state index in [1.807, 2.05) is 6.92 Å². The van der Waals surface area contributed by atoms with Crippen LogP contribution < -0.4 is 9.47 Å². The molecule has 0 fully saturated rings. The molecule has 0 saturated heterocycles. The number of hydrogen-bond donors (Lipinski definition) is 1. The van der Waals surface area contributed by atoms with Crippen LogP contribution in [0.5, 0.6) is 11.5 Å². The number of halogens is 3. The summed E-state index contributed by atoms with van der Waals surface area (Å²) in [6.45, 7) is 4.78. The van der Waals surface area contributed by atoms with E-state index < -0.39 is 5.92 Å². The first kappa shape index (κ1) is 24.2. The largest absolute Gasteiger partial charge is 0.484 e. The molecule has 162 valence electrons. The summed E-state index contributed by atoms with van der Waals surface area (Å²) in [7, 11) is 0. The number of aromatic nitrogens is 1. The van der Waals surface area contributed by atoms with Crippen LogP contribution in [0.25, 0.3) is 0 Å². The van der Waals surface area contributed by atoms with Crippen LogP contribution in [0, 0.1) is 11.4 Å². The van der Waals surface area contributed by atoms with Gasteiger partial charge in [-0.15, -0.1) is 11.6 Å². The highest BCUT2D eigenvalue weighted by Crippen LogP contribution is 2.30. The molecule has 1 heterocycles. The smallest absolute Gasteiger partial charge is 0.284 e. The lowest BCUT2D eigenvalue weighted by atomic mass is 10.2. The first-order valence-corrected chi connectivity index (χ1v) is 10.3. The Hall–Kier alpha value is -2.10. The van der Waals surface area contributed by atoms with Crippen molar-refractivity contribution in [3.63, 3.8) is 0 Å². The van der Waals surface area contributed by atoms with Gasteiger partial charge in [-0.3, -0.25) is 0 Å². The van der Waals surface area contributed by atoms with Crippen molar-refractivity contribution in [3.05, 3.63) is 46.1 Å². The summed E-state index contributed by atoms with van der Waals surface area (Å²) in [5.41, 5.74) is 0.176. The van der Waals surface area contributed by atoms with Gasteiger partial charge in [-0.25, -0.2) is 8.78 Å². The number of thiocarbonyl (C=S) groups is 1. The Balaban J connectivity index is 2.33. The minimum absolute atomic E-state index is 0.0662. The van der Waals surface area contributed by atoms with Gasteiger partial charge in [-0.1, -0.05) is 24.4 Å². The number of pyridine rings is 1. The fraction of sp³-hybridized carbons (Fsp3) is 0.350. The Morgan fingerprint density at radius 1 is 1.27 bits per heavy atom. The van der Waals surface area contributed by atoms with Crippen LogP contribution >= 0.6 is 36.0 Å². The van der Waals surface area contributed by atoms with E-state index >= 15 is 0 Å². The number of para-hydroxylation sites is 2. The van der Waals surface area contributed by atoms with Gasteiger partial charge in [0.25, 0.3) is 5.92 Å². The highest BCUT2D eigenvalue weighted by atomic mass is 35.5. The monoisotopic (exact) mass is 474 g/mol. The van der Waals surface area contributed by atoms with Gasteiger partial charge < -0.3 is 19.2 Å². The third-order valence-corrected chi connectivity index (χ3v) is 4.69. The van der Waals surface area contributed by atoms with E-state index in [1.165, 1.54) is 6.07 Å². The van der Waals surface area contributed by atoms with Gasteiger partial charge >= 0.3 is 0 Å². The summed E-state index contributed by atoms with van der Waals surface area (Å²) in [5, 5.41) is 0.305. The third kappa shape index (κ3) is 6.72. The van der Waals surface area contributed by atoms with Gasteiger partial charge in [-0.05, 0) is 44.3 Å². The predicted octanol–water partition coefficient (Wildman–Crippen LogP) is 6.25. The molecule has 0 saturated carbocycles. The van der Waals surface area contributed by atoms with E-state index in [1.54, 1.807) is 31.2 Å². The zero-order valence-corrected chi connectivity index (χ0v) is 19.0. The van der Waals surface area contributed by atoms with Gasteiger partial charge in [-0.2, -0.15) is 4.99 Å². The van der Waals surface area contributed by atoms with Gasteiger partial charge in [0.15, 0.2) is 23.2 Å². The fourth-order valence-corrected chi connectivity index (χ4v) is 2.79. The van der Waals surface area contributed by atoms with Crippen LogP contribution in [0.2, 0.25) is 0 Å². The first-order chi connectivity index (χ1) is 14.2. The standard InChI is InChI=1S/C20H21ClF2N2O3S2/c1-4-26-18(30)11-27-13-7-5-6-8-14(13)28-17(10-21)25-19-12(2)15(29)9-16(24-19)20(3,22)23/h5-9H,4,10-11H2,1-3H3,(H,24,29)/b25-17+. The number of ether oxygens (including phenoxy) is 3. The summed E-state index contributed by atoms with van der Waals surface area (Å²) < 4.78 is 44.4. The molecule has 1 aromatic heterocycles. The van der Waals surface area contributed by atoms with Crippen LogP contribution in [0.3, 0.4) is 0 Å². The van der Waals surface area contributed by atoms with E-state index in [9.17, 15) is 8.78 Å². The number of nitrogens with zero attached hydrogens (tertiary/aromatic N) is 1. The topological polar surface area (TPSA) is 55.8 Å². The molecule has 0 spiro atoms. The minimum atomic E-state index is -3.10. The normalized spacial score (nSPS) is 11.9.